The van der Waals surface area contributed by atoms with E-state index in [4.69, 9.17) is 5.73 Å². The van der Waals surface area contributed by atoms with Crippen LogP contribution in [0.4, 0.5) is 0 Å². The van der Waals surface area contributed by atoms with Crippen LogP contribution in [0.15, 0.2) is 0 Å². The lowest BCUT2D eigenvalue weighted by molar-refractivity contribution is 0.197. The Morgan fingerprint density at radius 3 is 2.47 bits per heavy atom. The topological polar surface area (TPSA) is 63.4 Å². The average molecular weight is 262 g/mol. The van der Waals surface area contributed by atoms with Crippen LogP contribution in [0.2, 0.25) is 0 Å². The molecule has 4 nitrogen and oxygen atoms in total. The zero-order valence-corrected chi connectivity index (χ0v) is 12.3. The second-order valence-corrected chi connectivity index (χ2v) is 8.49. The molecular formula is C12H26N2O2S. The van der Waals surface area contributed by atoms with Gasteiger partial charge in [-0.1, -0.05) is 20.8 Å². The Bertz CT molecular complexity index is 346. The lowest BCUT2D eigenvalue weighted by Crippen LogP contribution is -2.49. The van der Waals surface area contributed by atoms with Gasteiger partial charge in [-0.25, -0.2) is 8.42 Å². The summed E-state index contributed by atoms with van der Waals surface area (Å²) < 4.78 is 22.9. The van der Waals surface area contributed by atoms with E-state index in [1.54, 1.807) is 0 Å². The minimum absolute atomic E-state index is 0.116. The van der Waals surface area contributed by atoms with Crippen LogP contribution >= 0.6 is 0 Å². The first-order valence-electron chi connectivity index (χ1n) is 6.32. The fourth-order valence-corrected chi connectivity index (χ4v) is 3.73. The Labute approximate surface area is 105 Å². The lowest BCUT2D eigenvalue weighted by Gasteiger charge is -2.35. The molecule has 0 spiro atoms. The zero-order chi connectivity index (χ0) is 13.3. The van der Waals surface area contributed by atoms with E-state index in [1.165, 1.54) is 0 Å². The maximum Gasteiger partial charge on any atom is 0.153 e. The fourth-order valence-electron chi connectivity index (χ4n) is 2.10. The van der Waals surface area contributed by atoms with Crippen LogP contribution in [0.3, 0.4) is 0 Å². The summed E-state index contributed by atoms with van der Waals surface area (Å²) in [5.74, 6) is 0.583. The van der Waals surface area contributed by atoms with Crippen molar-refractivity contribution in [2.24, 2.45) is 11.1 Å². The van der Waals surface area contributed by atoms with E-state index in [0.717, 1.165) is 13.0 Å². The van der Waals surface area contributed by atoms with Gasteiger partial charge in [0.15, 0.2) is 9.84 Å². The molecule has 0 amide bonds. The van der Waals surface area contributed by atoms with Crippen molar-refractivity contribution in [3.63, 3.8) is 0 Å². The predicted octanol–water partition coefficient (Wildman–Crippen LogP) is 0.869. The summed E-state index contributed by atoms with van der Waals surface area (Å²) in [6, 6.07) is 0.286. The van der Waals surface area contributed by atoms with Crippen molar-refractivity contribution in [2.75, 3.05) is 24.6 Å². The maximum absolute atomic E-state index is 11.5. The first-order valence-corrected chi connectivity index (χ1v) is 8.14. The van der Waals surface area contributed by atoms with E-state index in [2.05, 4.69) is 25.7 Å². The lowest BCUT2D eigenvalue weighted by atomic mass is 9.85. The monoisotopic (exact) mass is 262 g/mol. The number of nitrogens with two attached hydrogens (primary N) is 1. The standard InChI is InChI=1S/C12H26N2O2S/c1-10-9-17(15,16)8-7-14(10)6-5-11(13)12(2,3)4/h10-11H,5-9,13H2,1-4H3. The molecule has 2 atom stereocenters. The quantitative estimate of drug-likeness (QED) is 0.820. The van der Waals surface area contributed by atoms with Crippen molar-refractivity contribution in [1.82, 2.24) is 4.90 Å². The highest BCUT2D eigenvalue weighted by Crippen LogP contribution is 2.21. The van der Waals surface area contributed by atoms with E-state index in [-0.39, 0.29) is 23.3 Å². The molecule has 0 bridgehead atoms. The predicted molar refractivity (Wildman–Crippen MR) is 71.7 cm³/mol. The van der Waals surface area contributed by atoms with Gasteiger partial charge in [0.2, 0.25) is 0 Å². The van der Waals surface area contributed by atoms with Crippen molar-refractivity contribution < 1.29 is 8.42 Å². The largest absolute Gasteiger partial charge is 0.327 e. The minimum Gasteiger partial charge on any atom is -0.327 e. The smallest absolute Gasteiger partial charge is 0.153 e. The summed E-state index contributed by atoms with van der Waals surface area (Å²) in [6.07, 6.45) is 0.924. The number of sulfone groups is 1. The van der Waals surface area contributed by atoms with Crippen molar-refractivity contribution in [3.05, 3.63) is 0 Å². The number of nitrogens with zero attached hydrogens (tertiary/aromatic N) is 1. The molecule has 1 aliphatic heterocycles. The van der Waals surface area contributed by atoms with Crippen molar-refractivity contribution in [2.45, 2.75) is 46.2 Å². The molecule has 1 rings (SSSR count). The third-order valence-electron chi connectivity index (χ3n) is 3.65. The molecule has 1 aliphatic rings. The molecule has 1 heterocycles. The summed E-state index contributed by atoms with van der Waals surface area (Å²) in [5, 5.41) is 0. The highest BCUT2D eigenvalue weighted by Gasteiger charge is 2.29. The summed E-state index contributed by atoms with van der Waals surface area (Å²) in [5.41, 5.74) is 6.24. The number of hydrogen-bond donors (Lipinski definition) is 1. The summed E-state index contributed by atoms with van der Waals surface area (Å²) in [6.45, 7) is 9.96. The van der Waals surface area contributed by atoms with Crippen LogP contribution in [0.25, 0.3) is 0 Å². The normalized spacial score (nSPS) is 27.9. The van der Waals surface area contributed by atoms with Crippen LogP contribution in [0, 0.1) is 5.41 Å². The van der Waals surface area contributed by atoms with Crippen molar-refractivity contribution >= 4 is 9.84 Å². The number of hydrogen-bond acceptors (Lipinski definition) is 4. The minimum atomic E-state index is -2.80. The SMILES string of the molecule is CC1CS(=O)(=O)CCN1CCC(N)C(C)(C)C. The Kier molecular flexibility index (Phi) is 4.60. The molecule has 0 aliphatic carbocycles. The first-order chi connectivity index (χ1) is 7.62. The molecule has 0 saturated carbocycles. The average Bonchev–Trinajstić information content (AvgIpc) is 2.13. The van der Waals surface area contributed by atoms with Crippen LogP contribution in [0.1, 0.15) is 34.1 Å². The van der Waals surface area contributed by atoms with Gasteiger partial charge in [0.25, 0.3) is 0 Å². The molecular weight excluding hydrogens is 236 g/mol. The Morgan fingerprint density at radius 1 is 1.41 bits per heavy atom. The molecule has 0 aromatic carbocycles. The van der Waals surface area contributed by atoms with Gasteiger partial charge in [-0.2, -0.15) is 0 Å². The van der Waals surface area contributed by atoms with Crippen LogP contribution < -0.4 is 5.73 Å². The Hall–Kier alpha value is -0.130. The molecule has 2 N–H and O–H groups in total. The molecule has 0 aromatic rings. The number of rotatable bonds is 3. The van der Waals surface area contributed by atoms with Crippen molar-refractivity contribution in [1.29, 1.82) is 0 Å². The van der Waals surface area contributed by atoms with E-state index in [9.17, 15) is 8.42 Å². The van der Waals surface area contributed by atoms with Crippen molar-refractivity contribution in [3.8, 4) is 0 Å². The van der Waals surface area contributed by atoms with E-state index in [0.29, 0.717) is 12.3 Å². The molecule has 102 valence electrons. The summed E-state index contributed by atoms with van der Waals surface area (Å²) in [4.78, 5) is 2.24. The third kappa shape index (κ3) is 4.56. The van der Waals surface area contributed by atoms with Gasteiger partial charge in [0, 0.05) is 18.6 Å². The molecule has 17 heavy (non-hydrogen) atoms. The van der Waals surface area contributed by atoms with Gasteiger partial charge < -0.3 is 5.73 Å². The van der Waals surface area contributed by atoms with Gasteiger partial charge in [-0.3, -0.25) is 4.90 Å². The molecule has 0 radical (unpaired) electrons. The van der Waals surface area contributed by atoms with E-state index < -0.39 is 9.84 Å². The maximum atomic E-state index is 11.5. The van der Waals surface area contributed by atoms with E-state index >= 15 is 0 Å². The van der Waals surface area contributed by atoms with Gasteiger partial charge >= 0.3 is 0 Å². The van der Waals surface area contributed by atoms with Crippen LogP contribution in [0.5, 0.6) is 0 Å². The fraction of sp³-hybridized carbons (Fsp3) is 1.00. The van der Waals surface area contributed by atoms with Crippen LogP contribution in [-0.2, 0) is 9.84 Å². The van der Waals surface area contributed by atoms with Gasteiger partial charge in [0.05, 0.1) is 11.5 Å². The summed E-state index contributed by atoms with van der Waals surface area (Å²) in [7, 11) is -2.80. The molecule has 0 aromatic heterocycles. The van der Waals surface area contributed by atoms with Gasteiger partial charge in [-0.15, -0.1) is 0 Å². The molecule has 1 saturated heterocycles. The van der Waals surface area contributed by atoms with Crippen LogP contribution in [-0.4, -0.2) is 50.0 Å². The second kappa shape index (κ2) is 5.24. The molecule has 2 unspecified atom stereocenters. The van der Waals surface area contributed by atoms with E-state index in [1.807, 2.05) is 6.92 Å². The van der Waals surface area contributed by atoms with Gasteiger partial charge in [-0.05, 0) is 25.3 Å². The Morgan fingerprint density at radius 2 is 2.00 bits per heavy atom. The second-order valence-electron chi connectivity index (χ2n) is 6.26. The van der Waals surface area contributed by atoms with Gasteiger partial charge in [0.1, 0.15) is 0 Å². The summed E-state index contributed by atoms with van der Waals surface area (Å²) >= 11 is 0. The first kappa shape index (κ1) is 14.9. The molecule has 1 fully saturated rings. The molecule has 5 heteroatoms. The highest BCUT2D eigenvalue weighted by atomic mass is 32.2. The third-order valence-corrected chi connectivity index (χ3v) is 5.44. The Balaban J connectivity index is 2.44. The highest BCUT2D eigenvalue weighted by molar-refractivity contribution is 7.91. The zero-order valence-electron chi connectivity index (χ0n) is 11.4.